The molecule has 9 heteroatoms. The molecule has 8 nitrogen and oxygen atoms in total. The smallest absolute Gasteiger partial charge is 0.264 e. The highest BCUT2D eigenvalue weighted by Gasteiger charge is 2.26. The molecule has 1 aromatic carbocycles. The van der Waals surface area contributed by atoms with E-state index in [1.807, 2.05) is 0 Å². The summed E-state index contributed by atoms with van der Waals surface area (Å²) in [5.41, 5.74) is 0.721. The van der Waals surface area contributed by atoms with Gasteiger partial charge in [-0.3, -0.25) is 4.79 Å². The van der Waals surface area contributed by atoms with Crippen LogP contribution in [0, 0.1) is 0 Å². The molecule has 0 amide bonds. The van der Waals surface area contributed by atoms with Crippen molar-refractivity contribution < 1.29 is 22.6 Å². The first-order chi connectivity index (χ1) is 11.8. The molecule has 134 valence electrons. The standard InChI is InChI=1S/C16H18N2O6S/c1-22-12-9-10(5-6-11-7-8-13(19)18-17-11)14(23-2)15(24-3)16(12)25(4,20)21/h5-9H,1-4H3,(H,18,19)/b6-5+. The van der Waals surface area contributed by atoms with E-state index in [1.54, 1.807) is 18.2 Å². The SMILES string of the molecule is COc1cc(/C=C/c2ccc(=O)[nH]n2)c(OC)c(OC)c1S(C)(=O)=O. The van der Waals surface area contributed by atoms with Crippen LogP contribution in [0.5, 0.6) is 17.2 Å². The summed E-state index contributed by atoms with van der Waals surface area (Å²) < 4.78 is 40.0. The first-order valence-electron chi connectivity index (χ1n) is 7.08. The van der Waals surface area contributed by atoms with Crippen molar-refractivity contribution in [3.8, 4) is 17.2 Å². The molecule has 0 unspecified atom stereocenters. The lowest BCUT2D eigenvalue weighted by Crippen LogP contribution is -2.06. The Hall–Kier alpha value is -2.81. The first kappa shape index (κ1) is 18.5. The third kappa shape index (κ3) is 4.00. The molecule has 0 atom stereocenters. The molecular formula is C16H18N2O6S. The lowest BCUT2D eigenvalue weighted by Gasteiger charge is -2.17. The van der Waals surface area contributed by atoms with E-state index in [4.69, 9.17) is 14.2 Å². The summed E-state index contributed by atoms with van der Waals surface area (Å²) in [6.45, 7) is 0. The molecular weight excluding hydrogens is 348 g/mol. The van der Waals surface area contributed by atoms with Gasteiger partial charge in [0.15, 0.2) is 26.2 Å². The predicted molar refractivity (Wildman–Crippen MR) is 93.0 cm³/mol. The number of aromatic amines is 1. The van der Waals surface area contributed by atoms with Crippen LogP contribution in [-0.4, -0.2) is 46.2 Å². The summed E-state index contributed by atoms with van der Waals surface area (Å²) in [5, 5.41) is 6.19. The van der Waals surface area contributed by atoms with E-state index in [1.165, 1.54) is 33.5 Å². The molecule has 0 aliphatic heterocycles. The monoisotopic (exact) mass is 366 g/mol. The van der Waals surface area contributed by atoms with E-state index in [-0.39, 0.29) is 27.7 Å². The molecule has 0 aliphatic rings. The van der Waals surface area contributed by atoms with Gasteiger partial charge in [0.1, 0.15) is 5.75 Å². The van der Waals surface area contributed by atoms with Crippen LogP contribution in [0.3, 0.4) is 0 Å². The van der Waals surface area contributed by atoms with E-state index in [9.17, 15) is 13.2 Å². The normalized spacial score (nSPS) is 11.5. The molecule has 1 N–H and O–H groups in total. The van der Waals surface area contributed by atoms with E-state index in [0.29, 0.717) is 11.3 Å². The van der Waals surface area contributed by atoms with Gasteiger partial charge in [-0.25, -0.2) is 13.5 Å². The lowest BCUT2D eigenvalue weighted by atomic mass is 10.1. The largest absolute Gasteiger partial charge is 0.495 e. The number of ether oxygens (including phenoxy) is 3. The Morgan fingerprint density at radius 1 is 1.04 bits per heavy atom. The van der Waals surface area contributed by atoms with Gasteiger partial charge in [-0.15, -0.1) is 0 Å². The van der Waals surface area contributed by atoms with Crippen molar-refractivity contribution >= 4 is 22.0 Å². The number of nitrogens with zero attached hydrogens (tertiary/aromatic N) is 1. The minimum atomic E-state index is -3.62. The van der Waals surface area contributed by atoms with E-state index in [0.717, 1.165) is 6.26 Å². The second-order valence-electron chi connectivity index (χ2n) is 5.02. The van der Waals surface area contributed by atoms with Crippen molar-refractivity contribution in [2.45, 2.75) is 4.90 Å². The molecule has 0 fully saturated rings. The summed E-state index contributed by atoms with van der Waals surface area (Å²) in [7, 11) is 0.511. The van der Waals surface area contributed by atoms with Crippen molar-refractivity contribution in [2.24, 2.45) is 0 Å². The quantitative estimate of drug-likeness (QED) is 0.822. The van der Waals surface area contributed by atoms with Gasteiger partial charge in [0.25, 0.3) is 5.56 Å². The number of hydrogen-bond acceptors (Lipinski definition) is 7. The number of benzene rings is 1. The molecule has 1 heterocycles. The zero-order valence-corrected chi connectivity index (χ0v) is 15.0. The molecule has 0 saturated heterocycles. The van der Waals surface area contributed by atoms with Gasteiger partial charge in [-0.2, -0.15) is 5.10 Å². The van der Waals surface area contributed by atoms with Crippen molar-refractivity contribution in [1.82, 2.24) is 10.2 Å². The summed E-state index contributed by atoms with van der Waals surface area (Å²) in [4.78, 5) is 11.0. The van der Waals surface area contributed by atoms with Gasteiger partial charge in [0.2, 0.25) is 0 Å². The molecule has 0 spiro atoms. The molecule has 25 heavy (non-hydrogen) atoms. The van der Waals surface area contributed by atoms with Crippen LogP contribution >= 0.6 is 0 Å². The van der Waals surface area contributed by atoms with Crippen molar-refractivity contribution in [3.63, 3.8) is 0 Å². The van der Waals surface area contributed by atoms with Gasteiger partial charge >= 0.3 is 0 Å². The summed E-state index contributed by atoms with van der Waals surface area (Å²) >= 11 is 0. The van der Waals surface area contributed by atoms with Crippen molar-refractivity contribution in [2.75, 3.05) is 27.6 Å². The van der Waals surface area contributed by atoms with Crippen molar-refractivity contribution in [1.29, 1.82) is 0 Å². The zero-order valence-electron chi connectivity index (χ0n) is 14.2. The Balaban J connectivity index is 2.66. The molecule has 0 aliphatic carbocycles. The molecule has 1 aromatic heterocycles. The predicted octanol–water partition coefficient (Wildman–Crippen LogP) is 1.37. The topological polar surface area (TPSA) is 108 Å². The van der Waals surface area contributed by atoms with Crippen LogP contribution in [0.4, 0.5) is 0 Å². The number of H-pyrrole nitrogens is 1. The minimum absolute atomic E-state index is 0.0541. The Bertz CT molecular complexity index is 943. The fourth-order valence-electron chi connectivity index (χ4n) is 2.26. The van der Waals surface area contributed by atoms with Crippen LogP contribution in [0.2, 0.25) is 0 Å². The average molecular weight is 366 g/mol. The Morgan fingerprint density at radius 3 is 2.20 bits per heavy atom. The highest BCUT2D eigenvalue weighted by Crippen LogP contribution is 2.44. The molecule has 0 bridgehead atoms. The number of hydrogen-bond donors (Lipinski definition) is 1. The number of rotatable bonds is 6. The van der Waals surface area contributed by atoms with Gasteiger partial charge < -0.3 is 14.2 Å². The summed E-state index contributed by atoms with van der Waals surface area (Å²) in [6.07, 6.45) is 4.34. The number of sulfone groups is 1. The Morgan fingerprint density at radius 2 is 1.72 bits per heavy atom. The first-order valence-corrected chi connectivity index (χ1v) is 8.97. The maximum Gasteiger partial charge on any atom is 0.264 e. The molecule has 2 aromatic rings. The van der Waals surface area contributed by atoms with Gasteiger partial charge in [0, 0.05) is 17.9 Å². The fourth-order valence-corrected chi connectivity index (χ4v) is 3.28. The van der Waals surface area contributed by atoms with Gasteiger partial charge in [-0.1, -0.05) is 0 Å². The summed E-state index contributed by atoms with van der Waals surface area (Å²) in [5.74, 6) is 0.428. The number of aromatic nitrogens is 2. The third-order valence-corrected chi connectivity index (χ3v) is 4.45. The highest BCUT2D eigenvalue weighted by molar-refractivity contribution is 7.91. The third-order valence-electron chi connectivity index (χ3n) is 3.32. The average Bonchev–Trinajstić information content (AvgIpc) is 2.58. The Labute approximate surface area is 145 Å². The fraction of sp³-hybridized carbons (Fsp3) is 0.250. The van der Waals surface area contributed by atoms with Gasteiger partial charge in [0.05, 0.1) is 27.0 Å². The van der Waals surface area contributed by atoms with Gasteiger partial charge in [-0.05, 0) is 24.3 Å². The van der Waals surface area contributed by atoms with Crippen LogP contribution in [0.25, 0.3) is 12.2 Å². The number of nitrogens with one attached hydrogen (secondary N) is 1. The highest BCUT2D eigenvalue weighted by atomic mass is 32.2. The maximum atomic E-state index is 12.1. The second kappa shape index (κ2) is 7.39. The van der Waals surface area contributed by atoms with E-state index >= 15 is 0 Å². The van der Waals surface area contributed by atoms with Crippen molar-refractivity contribution in [3.05, 3.63) is 39.8 Å². The summed E-state index contributed by atoms with van der Waals surface area (Å²) in [6, 6.07) is 4.42. The molecule has 0 radical (unpaired) electrons. The maximum absolute atomic E-state index is 12.1. The van der Waals surface area contributed by atoms with E-state index < -0.39 is 9.84 Å². The molecule has 2 rings (SSSR count). The van der Waals surface area contributed by atoms with Crippen LogP contribution < -0.4 is 19.8 Å². The van der Waals surface area contributed by atoms with Crippen LogP contribution in [0.1, 0.15) is 11.3 Å². The Kier molecular flexibility index (Phi) is 5.48. The second-order valence-corrected chi connectivity index (χ2v) is 6.97. The van der Waals surface area contributed by atoms with E-state index in [2.05, 4.69) is 10.2 Å². The van der Waals surface area contributed by atoms with Crippen LogP contribution in [-0.2, 0) is 9.84 Å². The van der Waals surface area contributed by atoms with Crippen LogP contribution in [0.15, 0.2) is 27.9 Å². The lowest BCUT2D eigenvalue weighted by molar-refractivity contribution is 0.335. The number of methoxy groups -OCH3 is 3. The zero-order chi connectivity index (χ0) is 18.6. The molecule has 0 saturated carbocycles. The minimum Gasteiger partial charge on any atom is -0.495 e.